The Kier molecular flexibility index (Phi) is 6.75. The van der Waals surface area contributed by atoms with Crippen molar-refractivity contribution in [2.24, 2.45) is 5.10 Å². The third-order valence-corrected chi connectivity index (χ3v) is 3.68. The minimum absolute atomic E-state index is 0.0331. The highest BCUT2D eigenvalue weighted by molar-refractivity contribution is 6.32. The van der Waals surface area contributed by atoms with Crippen molar-refractivity contribution in [2.75, 3.05) is 30.3 Å². The van der Waals surface area contributed by atoms with Crippen LogP contribution in [0.15, 0.2) is 5.10 Å². The summed E-state index contributed by atoms with van der Waals surface area (Å²) in [7, 11) is 0. The van der Waals surface area contributed by atoms with Crippen LogP contribution in [0.3, 0.4) is 0 Å². The maximum absolute atomic E-state index is 12.1. The molecule has 0 aromatic carbocycles. The summed E-state index contributed by atoms with van der Waals surface area (Å²) < 4.78 is 4.60. The van der Waals surface area contributed by atoms with E-state index in [-0.39, 0.29) is 23.3 Å². The molecule has 0 atom stereocenters. The van der Waals surface area contributed by atoms with Gasteiger partial charge in [0.05, 0.1) is 6.61 Å². The summed E-state index contributed by atoms with van der Waals surface area (Å²) in [6.07, 6.45) is 3.50. The Hall–Kier alpha value is -2.62. The van der Waals surface area contributed by atoms with Gasteiger partial charge in [-0.15, -0.1) is 0 Å². The van der Waals surface area contributed by atoms with Crippen LogP contribution in [-0.4, -0.2) is 48.0 Å². The van der Waals surface area contributed by atoms with Crippen LogP contribution in [0.25, 0.3) is 0 Å². The molecule has 1 fully saturated rings. The molecule has 0 saturated carbocycles. The van der Waals surface area contributed by atoms with Crippen LogP contribution in [0.4, 0.5) is 16.4 Å². The molecule has 4 N–H and O–H groups in total. The number of hydrogen-bond donors (Lipinski definition) is 3. The maximum atomic E-state index is 12.1. The molecule has 1 saturated heterocycles. The molecule has 136 valence electrons. The van der Waals surface area contributed by atoms with Crippen LogP contribution in [0, 0.1) is 0 Å². The van der Waals surface area contributed by atoms with Crippen LogP contribution < -0.4 is 21.4 Å². The first-order valence-corrected chi connectivity index (χ1v) is 8.23. The van der Waals surface area contributed by atoms with Gasteiger partial charge in [-0.3, -0.25) is 4.79 Å². The maximum Gasteiger partial charge on any atom is 0.427 e. The number of amides is 2. The van der Waals surface area contributed by atoms with E-state index in [0.717, 1.165) is 38.7 Å². The number of aromatic nitrogens is 2. The van der Waals surface area contributed by atoms with E-state index in [1.807, 2.05) is 4.90 Å². The predicted octanol–water partition coefficient (Wildman–Crippen LogP) is 1.12. The monoisotopic (exact) mass is 369 g/mol. The lowest BCUT2D eigenvalue weighted by molar-refractivity contribution is 0.0973. The van der Waals surface area contributed by atoms with E-state index in [2.05, 4.69) is 30.5 Å². The fourth-order valence-corrected chi connectivity index (χ4v) is 2.55. The zero-order chi connectivity index (χ0) is 18.2. The van der Waals surface area contributed by atoms with Crippen LogP contribution in [0.1, 0.15) is 36.7 Å². The van der Waals surface area contributed by atoms with Crippen LogP contribution in [-0.2, 0) is 4.74 Å². The van der Waals surface area contributed by atoms with Crippen molar-refractivity contribution in [3.05, 3.63) is 10.8 Å². The molecular weight excluding hydrogens is 350 g/mol. The summed E-state index contributed by atoms with van der Waals surface area (Å²) >= 11 is 6.16. The molecule has 1 aliphatic rings. The Morgan fingerprint density at radius 2 is 2.08 bits per heavy atom. The van der Waals surface area contributed by atoms with Gasteiger partial charge in [0.1, 0.15) is 6.34 Å². The second kappa shape index (κ2) is 9.02. The van der Waals surface area contributed by atoms with Gasteiger partial charge >= 0.3 is 6.09 Å². The van der Waals surface area contributed by atoms with Crippen LogP contribution in [0.5, 0.6) is 0 Å². The fraction of sp³-hybridized carbons (Fsp3) is 0.500. The first-order valence-electron chi connectivity index (χ1n) is 7.86. The van der Waals surface area contributed by atoms with E-state index >= 15 is 0 Å². The van der Waals surface area contributed by atoms with Gasteiger partial charge in [-0.25, -0.2) is 20.2 Å². The zero-order valence-electron chi connectivity index (χ0n) is 13.8. The number of carbonyl (C=O) groups excluding carboxylic acids is 2. The Bertz CT molecular complexity index is 662. The van der Waals surface area contributed by atoms with Crippen LogP contribution >= 0.6 is 11.6 Å². The molecule has 0 spiro atoms. The van der Waals surface area contributed by atoms with Crippen molar-refractivity contribution in [2.45, 2.75) is 26.2 Å². The molecule has 1 aromatic heterocycles. The molecule has 25 heavy (non-hydrogen) atoms. The summed E-state index contributed by atoms with van der Waals surface area (Å²) in [6.45, 7) is 3.52. The largest absolute Gasteiger partial charge is 0.449 e. The fourth-order valence-electron chi connectivity index (χ4n) is 2.30. The molecule has 2 rings (SSSR count). The van der Waals surface area contributed by atoms with Crippen molar-refractivity contribution < 1.29 is 14.3 Å². The Morgan fingerprint density at radius 1 is 1.36 bits per heavy atom. The summed E-state index contributed by atoms with van der Waals surface area (Å²) in [5.74, 6) is -0.200. The zero-order valence-corrected chi connectivity index (χ0v) is 14.5. The number of ether oxygens (including phenoxy) is 1. The molecule has 10 nitrogen and oxygen atoms in total. The van der Waals surface area contributed by atoms with Crippen molar-refractivity contribution >= 4 is 41.6 Å². The second-order valence-electron chi connectivity index (χ2n) is 5.18. The lowest BCUT2D eigenvalue weighted by Gasteiger charge is -2.28. The van der Waals surface area contributed by atoms with E-state index in [9.17, 15) is 9.59 Å². The number of halogens is 1. The molecule has 1 aliphatic heterocycles. The normalized spacial score (nSPS) is 14.4. The van der Waals surface area contributed by atoms with Crippen molar-refractivity contribution in [1.29, 1.82) is 0 Å². The number of hydrazone groups is 1. The van der Waals surface area contributed by atoms with Gasteiger partial charge in [-0.2, -0.15) is 5.10 Å². The van der Waals surface area contributed by atoms with Crippen molar-refractivity contribution in [3.63, 3.8) is 0 Å². The number of piperidine rings is 1. The van der Waals surface area contributed by atoms with Crippen molar-refractivity contribution in [1.82, 2.24) is 20.7 Å². The topological polar surface area (TPSA) is 135 Å². The Morgan fingerprint density at radius 3 is 2.76 bits per heavy atom. The highest BCUT2D eigenvalue weighted by Gasteiger charge is 2.21. The van der Waals surface area contributed by atoms with E-state index in [1.54, 1.807) is 6.92 Å². The van der Waals surface area contributed by atoms with Crippen molar-refractivity contribution in [3.8, 4) is 0 Å². The third-order valence-electron chi connectivity index (χ3n) is 3.43. The minimum atomic E-state index is -0.735. The smallest absolute Gasteiger partial charge is 0.427 e. The molecule has 0 radical (unpaired) electrons. The number of carbonyl (C=O) groups is 2. The summed E-state index contributed by atoms with van der Waals surface area (Å²) in [5.41, 5.74) is 7.78. The first kappa shape index (κ1) is 18.7. The highest BCUT2D eigenvalue weighted by atomic mass is 35.5. The lowest BCUT2D eigenvalue weighted by Crippen LogP contribution is -2.32. The number of hydrogen-bond acceptors (Lipinski definition) is 8. The average Bonchev–Trinajstić information content (AvgIpc) is 2.61. The van der Waals surface area contributed by atoms with Gasteiger partial charge in [0.2, 0.25) is 0 Å². The molecule has 1 aromatic rings. The lowest BCUT2D eigenvalue weighted by atomic mass is 10.1. The molecule has 11 heteroatoms. The standard InChI is InChI=1S/C14H20ClN7O3/c1-2-25-14(24)21-18-8-17-13(23)9-11(16)20-12(10(15)19-9)22-6-4-3-5-7-22/h8H,2-7H2,1H3,(H2,16,20)(H,21,24)(H,17,18,23). The summed E-state index contributed by atoms with van der Waals surface area (Å²) in [6, 6.07) is 0. The number of nitrogens with zero attached hydrogens (tertiary/aromatic N) is 4. The highest BCUT2D eigenvalue weighted by Crippen LogP contribution is 2.26. The summed E-state index contributed by atoms with van der Waals surface area (Å²) in [5, 5.41) is 5.91. The first-order chi connectivity index (χ1) is 12.0. The predicted molar refractivity (Wildman–Crippen MR) is 93.6 cm³/mol. The van der Waals surface area contributed by atoms with E-state index < -0.39 is 12.0 Å². The number of nitrogens with one attached hydrogen (secondary N) is 2. The third kappa shape index (κ3) is 5.18. The van der Waals surface area contributed by atoms with E-state index in [0.29, 0.717) is 5.82 Å². The number of nitrogen functional groups attached to an aromatic ring is 1. The number of rotatable bonds is 5. The van der Waals surface area contributed by atoms with Gasteiger partial charge in [0.15, 0.2) is 22.5 Å². The van der Waals surface area contributed by atoms with Gasteiger partial charge < -0.3 is 20.7 Å². The number of nitrogens with two attached hydrogens (primary N) is 1. The second-order valence-corrected chi connectivity index (χ2v) is 5.54. The molecule has 0 unspecified atom stereocenters. The molecule has 0 bridgehead atoms. The van der Waals surface area contributed by atoms with Crippen LogP contribution in [0.2, 0.25) is 5.15 Å². The minimum Gasteiger partial charge on any atom is -0.449 e. The molecular formula is C14H20ClN7O3. The van der Waals surface area contributed by atoms with Gasteiger partial charge in [-0.05, 0) is 26.2 Å². The molecule has 0 aliphatic carbocycles. The quantitative estimate of drug-likeness (QED) is 0.402. The Labute approximate surface area is 149 Å². The SMILES string of the molecule is CCOC(=O)NN=CNC(=O)c1nc(Cl)c(N2CCCCC2)nc1N. The van der Waals surface area contributed by atoms with E-state index in [4.69, 9.17) is 17.3 Å². The average molecular weight is 370 g/mol. The molecule has 2 heterocycles. The Balaban J connectivity index is 2.01. The number of anilines is 2. The molecule has 2 amide bonds. The van der Waals surface area contributed by atoms with Gasteiger partial charge in [0.25, 0.3) is 5.91 Å². The van der Waals surface area contributed by atoms with E-state index in [1.165, 1.54) is 0 Å². The van der Waals surface area contributed by atoms with Gasteiger partial charge in [0, 0.05) is 13.1 Å². The van der Waals surface area contributed by atoms with Gasteiger partial charge in [-0.1, -0.05) is 11.6 Å². The summed E-state index contributed by atoms with van der Waals surface area (Å²) in [4.78, 5) is 33.4.